The summed E-state index contributed by atoms with van der Waals surface area (Å²) in [7, 11) is 0. The van der Waals surface area contributed by atoms with Gasteiger partial charge in [0.05, 0.1) is 0 Å². The van der Waals surface area contributed by atoms with Gasteiger partial charge in [0, 0.05) is 39.3 Å². The molecular weight excluding hydrogens is 482 g/mol. The monoisotopic (exact) mass is 491 g/mol. The van der Waals surface area contributed by atoms with E-state index in [0.717, 1.165) is 15.7 Å². The molecule has 0 amide bonds. The SMILES string of the molecule is CCn1c(-c2ccccc2Br)[c-]cc(I)c1=O.[Y]. The average Bonchev–Trinajstić information content (AvgIpc) is 2.33. The molecule has 2 rings (SSSR count). The molecule has 0 bridgehead atoms. The minimum atomic E-state index is 0. The van der Waals surface area contributed by atoms with Crippen LogP contribution in [-0.4, -0.2) is 4.57 Å². The van der Waals surface area contributed by atoms with Gasteiger partial charge in [-0.2, -0.15) is 12.1 Å². The van der Waals surface area contributed by atoms with E-state index in [1.807, 2.05) is 53.8 Å². The van der Waals surface area contributed by atoms with Crippen molar-refractivity contribution in [2.75, 3.05) is 0 Å². The number of pyridine rings is 1. The van der Waals surface area contributed by atoms with Crippen LogP contribution >= 0.6 is 38.5 Å². The Morgan fingerprint density at radius 2 is 2.06 bits per heavy atom. The first-order valence-corrected chi connectivity index (χ1v) is 7.08. The first-order chi connectivity index (χ1) is 8.15. The third-order valence-electron chi connectivity index (χ3n) is 2.50. The molecule has 0 aliphatic rings. The van der Waals surface area contributed by atoms with Crippen LogP contribution in [0.4, 0.5) is 0 Å². The molecule has 0 unspecified atom stereocenters. The van der Waals surface area contributed by atoms with Gasteiger partial charge in [-0.25, -0.2) is 0 Å². The van der Waals surface area contributed by atoms with Crippen LogP contribution in [0.15, 0.2) is 39.6 Å². The van der Waals surface area contributed by atoms with Crippen LogP contribution in [0.25, 0.3) is 11.3 Å². The van der Waals surface area contributed by atoms with Crippen LogP contribution in [0.5, 0.6) is 0 Å². The van der Waals surface area contributed by atoms with E-state index in [9.17, 15) is 4.79 Å². The fourth-order valence-electron chi connectivity index (χ4n) is 1.68. The van der Waals surface area contributed by atoms with Gasteiger partial charge in [0.2, 0.25) is 5.56 Å². The van der Waals surface area contributed by atoms with Crippen molar-refractivity contribution in [3.05, 3.63) is 54.8 Å². The average molecular weight is 492 g/mol. The Labute approximate surface area is 153 Å². The summed E-state index contributed by atoms with van der Waals surface area (Å²) in [6.07, 6.45) is 0. The standard InChI is InChI=1S/C13H10BrINO.Y/c1-2-16-12(8-7-11(15)13(16)17)9-5-3-4-6-10(9)14;/h3-7H,2H2,1H3;/q-1;. The Kier molecular flexibility index (Phi) is 6.72. The topological polar surface area (TPSA) is 22.0 Å². The van der Waals surface area contributed by atoms with Crippen molar-refractivity contribution >= 4 is 38.5 Å². The van der Waals surface area contributed by atoms with E-state index in [2.05, 4.69) is 22.0 Å². The third-order valence-corrected chi connectivity index (χ3v) is 3.96. The van der Waals surface area contributed by atoms with Crippen LogP contribution in [0.1, 0.15) is 6.92 Å². The Balaban J connectivity index is 0.00000162. The summed E-state index contributed by atoms with van der Waals surface area (Å²) in [5.74, 6) is 0. The Morgan fingerprint density at radius 1 is 1.39 bits per heavy atom. The summed E-state index contributed by atoms with van der Waals surface area (Å²) in [5, 5.41) is 0. The number of nitrogens with zero attached hydrogens (tertiary/aromatic N) is 1. The molecule has 1 aromatic carbocycles. The molecule has 0 N–H and O–H groups in total. The Hall–Kier alpha value is 0.484. The zero-order chi connectivity index (χ0) is 12.4. The van der Waals surface area contributed by atoms with Crippen molar-refractivity contribution in [3.63, 3.8) is 0 Å². The third kappa shape index (κ3) is 3.32. The van der Waals surface area contributed by atoms with Gasteiger partial charge in [-0.05, 0) is 15.0 Å². The van der Waals surface area contributed by atoms with Crippen molar-refractivity contribution in [3.8, 4) is 11.3 Å². The summed E-state index contributed by atoms with van der Waals surface area (Å²) >= 11 is 5.54. The fourth-order valence-corrected chi connectivity index (χ4v) is 2.60. The van der Waals surface area contributed by atoms with Gasteiger partial charge in [0.15, 0.2) is 0 Å². The zero-order valence-electron chi connectivity index (χ0n) is 9.78. The van der Waals surface area contributed by atoms with E-state index >= 15 is 0 Å². The molecule has 0 spiro atoms. The number of rotatable bonds is 2. The van der Waals surface area contributed by atoms with E-state index in [1.165, 1.54) is 0 Å². The number of aromatic nitrogens is 1. The number of hydrogen-bond donors (Lipinski definition) is 0. The van der Waals surface area contributed by atoms with Crippen LogP contribution in [0.2, 0.25) is 0 Å². The van der Waals surface area contributed by atoms with Gasteiger partial charge in [-0.15, -0.1) is 28.7 Å². The molecular formula is C13H10BrINOY-. The van der Waals surface area contributed by atoms with Crippen molar-refractivity contribution in [1.82, 2.24) is 4.57 Å². The van der Waals surface area contributed by atoms with Crippen LogP contribution in [0.3, 0.4) is 0 Å². The number of hydrogen-bond acceptors (Lipinski definition) is 1. The molecule has 1 heterocycles. The van der Waals surface area contributed by atoms with Crippen molar-refractivity contribution in [2.45, 2.75) is 13.5 Å². The first-order valence-electron chi connectivity index (χ1n) is 5.21. The second-order valence-corrected chi connectivity index (χ2v) is 5.53. The molecule has 2 nitrogen and oxygen atoms in total. The number of benzene rings is 1. The second-order valence-electron chi connectivity index (χ2n) is 3.51. The molecule has 0 aliphatic heterocycles. The zero-order valence-corrected chi connectivity index (χ0v) is 16.4. The largest absolute Gasteiger partial charge is 0.342 e. The summed E-state index contributed by atoms with van der Waals surface area (Å²) in [6, 6.07) is 12.8. The first kappa shape index (κ1) is 16.5. The van der Waals surface area contributed by atoms with Gasteiger partial charge < -0.3 is 4.57 Å². The van der Waals surface area contributed by atoms with Crippen LogP contribution in [0, 0.1) is 9.64 Å². The minimum Gasteiger partial charge on any atom is -0.342 e. The predicted molar refractivity (Wildman–Crippen MR) is 81.1 cm³/mol. The van der Waals surface area contributed by atoms with Crippen molar-refractivity contribution < 1.29 is 32.7 Å². The number of halogens is 2. The smallest absolute Gasteiger partial charge is 0.207 e. The van der Waals surface area contributed by atoms with Crippen molar-refractivity contribution in [2.24, 2.45) is 0 Å². The van der Waals surface area contributed by atoms with E-state index in [-0.39, 0.29) is 38.3 Å². The molecule has 2 aromatic rings. The van der Waals surface area contributed by atoms with Gasteiger partial charge in [-0.1, -0.05) is 45.4 Å². The van der Waals surface area contributed by atoms with E-state index in [4.69, 9.17) is 0 Å². The van der Waals surface area contributed by atoms with Gasteiger partial charge >= 0.3 is 0 Å². The van der Waals surface area contributed by atoms with E-state index < -0.39 is 0 Å². The molecule has 0 saturated carbocycles. The molecule has 0 atom stereocenters. The molecule has 91 valence electrons. The summed E-state index contributed by atoms with van der Waals surface area (Å²) in [4.78, 5) is 12.0. The quantitative estimate of drug-likeness (QED) is 0.464. The minimum absolute atomic E-state index is 0. The van der Waals surface area contributed by atoms with Gasteiger partial charge in [0.25, 0.3) is 0 Å². The predicted octanol–water partition coefficient (Wildman–Crippen LogP) is 3.70. The molecule has 5 heteroatoms. The Morgan fingerprint density at radius 3 is 2.67 bits per heavy atom. The maximum Gasteiger partial charge on any atom is 0.207 e. The maximum atomic E-state index is 12.0. The van der Waals surface area contributed by atoms with Crippen LogP contribution in [-0.2, 0) is 39.3 Å². The van der Waals surface area contributed by atoms with Gasteiger partial charge in [0.1, 0.15) is 0 Å². The fraction of sp³-hybridized carbons (Fsp3) is 0.154. The Bertz CT molecular complexity index is 612. The molecule has 0 fully saturated rings. The normalized spacial score (nSPS) is 9.94. The molecule has 0 saturated heterocycles. The summed E-state index contributed by atoms with van der Waals surface area (Å²) in [6.45, 7) is 2.61. The second kappa shape index (κ2) is 7.32. The van der Waals surface area contributed by atoms with E-state index in [0.29, 0.717) is 10.1 Å². The molecule has 1 radical (unpaired) electrons. The maximum absolute atomic E-state index is 12.0. The molecule has 1 aromatic heterocycles. The summed E-state index contributed by atoms with van der Waals surface area (Å²) in [5.41, 5.74) is 1.85. The molecule has 18 heavy (non-hydrogen) atoms. The van der Waals surface area contributed by atoms with Crippen LogP contribution < -0.4 is 5.56 Å². The summed E-state index contributed by atoms with van der Waals surface area (Å²) < 4.78 is 3.40. The molecule has 0 aliphatic carbocycles. The van der Waals surface area contributed by atoms with E-state index in [1.54, 1.807) is 10.6 Å². The van der Waals surface area contributed by atoms with Crippen molar-refractivity contribution in [1.29, 1.82) is 0 Å². The van der Waals surface area contributed by atoms with Gasteiger partial charge in [-0.3, -0.25) is 4.79 Å².